The maximum Gasteiger partial charge on any atom is 0.182 e. The maximum atomic E-state index is 11.8. The number of hydrogen-bond donors (Lipinski definition) is 1. The molecule has 0 aliphatic heterocycles. The van der Waals surface area contributed by atoms with Crippen LogP contribution in [0.1, 0.15) is 22.8 Å². The van der Waals surface area contributed by atoms with Gasteiger partial charge in [-0.05, 0) is 25.5 Å². The van der Waals surface area contributed by atoms with Crippen LogP contribution in [0.15, 0.2) is 24.4 Å². The van der Waals surface area contributed by atoms with E-state index in [1.807, 2.05) is 25.1 Å². The van der Waals surface area contributed by atoms with Crippen LogP contribution in [0.2, 0.25) is 0 Å². The van der Waals surface area contributed by atoms with E-state index in [1.165, 1.54) is 0 Å². The van der Waals surface area contributed by atoms with E-state index in [-0.39, 0.29) is 5.78 Å². The van der Waals surface area contributed by atoms with Crippen molar-refractivity contribution in [3.8, 4) is 0 Å². The average Bonchev–Trinajstić information content (AvgIpc) is 2.61. The van der Waals surface area contributed by atoms with Crippen molar-refractivity contribution in [3.05, 3.63) is 35.5 Å². The molecule has 1 unspecified atom stereocenters. The van der Waals surface area contributed by atoms with Gasteiger partial charge in [-0.1, -0.05) is 12.1 Å². The number of Topliss-reactive ketones (excluding diaryl/α,β-unsaturated/α-hetero) is 1. The first-order valence-corrected chi connectivity index (χ1v) is 5.30. The Morgan fingerprint density at radius 2 is 2.20 bits per heavy atom. The lowest BCUT2D eigenvalue weighted by molar-refractivity contribution is 0.0993. The minimum Gasteiger partial charge on any atom is -0.360 e. The third-order valence-electron chi connectivity index (χ3n) is 2.54. The summed E-state index contributed by atoms with van der Waals surface area (Å²) in [5, 5.41) is 0.499. The standard InChI is InChI=1S/C12H12ClNO/c1-7-4-3-5-10-11(7)9(6-14-10)12(15)8(2)13/h3-6,8,14H,1-2H3. The molecule has 1 aromatic heterocycles. The summed E-state index contributed by atoms with van der Waals surface area (Å²) in [6.07, 6.45) is 1.74. The molecule has 0 fully saturated rings. The number of nitrogens with one attached hydrogen (secondary N) is 1. The van der Waals surface area contributed by atoms with Crippen LogP contribution in [0.25, 0.3) is 10.9 Å². The van der Waals surface area contributed by atoms with E-state index in [4.69, 9.17) is 11.6 Å². The first kappa shape index (κ1) is 10.2. The van der Waals surface area contributed by atoms with Crippen molar-refractivity contribution in [2.75, 3.05) is 0 Å². The highest BCUT2D eigenvalue weighted by molar-refractivity contribution is 6.35. The van der Waals surface area contributed by atoms with Gasteiger partial charge in [0.2, 0.25) is 0 Å². The number of carbonyl (C=O) groups is 1. The fraction of sp³-hybridized carbons (Fsp3) is 0.250. The second kappa shape index (κ2) is 3.70. The lowest BCUT2D eigenvalue weighted by Gasteiger charge is -2.02. The molecule has 0 saturated heterocycles. The quantitative estimate of drug-likeness (QED) is 0.613. The maximum absolute atomic E-state index is 11.8. The third-order valence-corrected chi connectivity index (χ3v) is 2.74. The Morgan fingerprint density at radius 1 is 1.47 bits per heavy atom. The van der Waals surface area contributed by atoms with Crippen LogP contribution in [0.4, 0.5) is 0 Å². The van der Waals surface area contributed by atoms with Gasteiger partial charge >= 0.3 is 0 Å². The lowest BCUT2D eigenvalue weighted by Crippen LogP contribution is -2.09. The Bertz CT molecular complexity index is 513. The molecule has 0 bridgehead atoms. The van der Waals surface area contributed by atoms with E-state index < -0.39 is 5.38 Å². The summed E-state index contributed by atoms with van der Waals surface area (Å²) in [5.41, 5.74) is 2.76. The topological polar surface area (TPSA) is 32.9 Å². The molecule has 78 valence electrons. The molecular weight excluding hydrogens is 210 g/mol. The summed E-state index contributed by atoms with van der Waals surface area (Å²) in [4.78, 5) is 14.9. The number of alkyl halides is 1. The van der Waals surface area contributed by atoms with Gasteiger partial charge in [-0.15, -0.1) is 11.6 Å². The predicted octanol–water partition coefficient (Wildman–Crippen LogP) is 3.29. The molecule has 0 aliphatic rings. The van der Waals surface area contributed by atoms with Gasteiger partial charge in [0.25, 0.3) is 0 Å². The summed E-state index contributed by atoms with van der Waals surface area (Å²) in [7, 11) is 0. The first-order chi connectivity index (χ1) is 7.11. The fourth-order valence-corrected chi connectivity index (χ4v) is 1.89. The van der Waals surface area contributed by atoms with Crippen LogP contribution in [0, 0.1) is 6.92 Å². The molecule has 0 spiro atoms. The summed E-state index contributed by atoms with van der Waals surface area (Å²) >= 11 is 5.81. The third kappa shape index (κ3) is 1.65. The predicted molar refractivity (Wildman–Crippen MR) is 62.7 cm³/mol. The van der Waals surface area contributed by atoms with E-state index in [1.54, 1.807) is 13.1 Å². The van der Waals surface area contributed by atoms with Crippen LogP contribution >= 0.6 is 11.6 Å². The van der Waals surface area contributed by atoms with Crippen molar-refractivity contribution in [2.45, 2.75) is 19.2 Å². The number of aromatic amines is 1. The van der Waals surface area contributed by atoms with Crippen LogP contribution in [-0.4, -0.2) is 16.1 Å². The molecule has 2 rings (SSSR count). The summed E-state index contributed by atoms with van der Waals surface area (Å²) in [6, 6.07) is 5.91. The number of fused-ring (bicyclic) bond motifs is 1. The number of aromatic nitrogens is 1. The van der Waals surface area contributed by atoms with Crippen molar-refractivity contribution in [1.29, 1.82) is 0 Å². The Morgan fingerprint density at radius 3 is 2.87 bits per heavy atom. The smallest absolute Gasteiger partial charge is 0.182 e. The Hall–Kier alpha value is -1.28. The highest BCUT2D eigenvalue weighted by Gasteiger charge is 2.17. The number of ketones is 1. The number of aryl methyl sites for hydroxylation is 1. The molecule has 15 heavy (non-hydrogen) atoms. The number of halogens is 1. The van der Waals surface area contributed by atoms with Crippen molar-refractivity contribution >= 4 is 28.3 Å². The van der Waals surface area contributed by atoms with Crippen molar-refractivity contribution < 1.29 is 4.79 Å². The second-order valence-electron chi connectivity index (χ2n) is 3.68. The van der Waals surface area contributed by atoms with Gasteiger partial charge in [0.1, 0.15) is 0 Å². The van der Waals surface area contributed by atoms with Crippen LogP contribution in [0.5, 0.6) is 0 Å². The van der Waals surface area contributed by atoms with E-state index >= 15 is 0 Å². The molecule has 1 atom stereocenters. The highest BCUT2D eigenvalue weighted by Crippen LogP contribution is 2.23. The van der Waals surface area contributed by atoms with Gasteiger partial charge in [-0.2, -0.15) is 0 Å². The molecule has 0 amide bonds. The molecule has 1 heterocycles. The average molecular weight is 222 g/mol. The molecule has 2 nitrogen and oxygen atoms in total. The zero-order chi connectivity index (χ0) is 11.0. The minimum atomic E-state index is -0.483. The SMILES string of the molecule is Cc1cccc2[nH]cc(C(=O)C(C)Cl)c12. The van der Waals surface area contributed by atoms with Crippen LogP contribution in [0.3, 0.4) is 0 Å². The van der Waals surface area contributed by atoms with Crippen molar-refractivity contribution in [1.82, 2.24) is 4.98 Å². The first-order valence-electron chi connectivity index (χ1n) is 4.86. The van der Waals surface area contributed by atoms with Gasteiger partial charge < -0.3 is 4.98 Å². The number of hydrogen-bond acceptors (Lipinski definition) is 1. The van der Waals surface area contributed by atoms with Crippen LogP contribution in [-0.2, 0) is 0 Å². The number of H-pyrrole nitrogens is 1. The van der Waals surface area contributed by atoms with E-state index in [0.29, 0.717) is 5.56 Å². The zero-order valence-corrected chi connectivity index (χ0v) is 9.43. The monoisotopic (exact) mass is 221 g/mol. The number of rotatable bonds is 2. The number of carbonyl (C=O) groups excluding carboxylic acids is 1. The zero-order valence-electron chi connectivity index (χ0n) is 8.67. The van der Waals surface area contributed by atoms with E-state index in [0.717, 1.165) is 16.5 Å². The normalized spacial score (nSPS) is 13.0. The molecule has 1 aromatic carbocycles. The van der Waals surface area contributed by atoms with Gasteiger partial charge in [0.15, 0.2) is 5.78 Å². The summed E-state index contributed by atoms with van der Waals surface area (Å²) in [5.74, 6) is -0.0304. The van der Waals surface area contributed by atoms with Gasteiger partial charge in [0, 0.05) is 22.7 Å². The molecular formula is C12H12ClNO. The van der Waals surface area contributed by atoms with Gasteiger partial charge in [-0.3, -0.25) is 4.79 Å². The Balaban J connectivity index is 2.67. The van der Waals surface area contributed by atoms with Gasteiger partial charge in [-0.25, -0.2) is 0 Å². The van der Waals surface area contributed by atoms with Crippen molar-refractivity contribution in [2.24, 2.45) is 0 Å². The molecule has 2 aromatic rings. The largest absolute Gasteiger partial charge is 0.360 e. The fourth-order valence-electron chi connectivity index (χ4n) is 1.78. The minimum absolute atomic E-state index is 0.0304. The molecule has 1 N–H and O–H groups in total. The lowest BCUT2D eigenvalue weighted by atomic mass is 10.0. The number of benzene rings is 1. The molecule has 0 radical (unpaired) electrons. The molecule has 3 heteroatoms. The Kier molecular flexibility index (Phi) is 2.53. The highest BCUT2D eigenvalue weighted by atomic mass is 35.5. The second-order valence-corrected chi connectivity index (χ2v) is 4.33. The summed E-state index contributed by atoms with van der Waals surface area (Å²) < 4.78 is 0. The van der Waals surface area contributed by atoms with Gasteiger partial charge in [0.05, 0.1) is 5.38 Å². The van der Waals surface area contributed by atoms with Crippen LogP contribution < -0.4 is 0 Å². The van der Waals surface area contributed by atoms with Crippen molar-refractivity contribution in [3.63, 3.8) is 0 Å². The van der Waals surface area contributed by atoms with E-state index in [9.17, 15) is 4.79 Å². The Labute approximate surface area is 93.2 Å². The van der Waals surface area contributed by atoms with E-state index in [2.05, 4.69) is 4.98 Å². The summed E-state index contributed by atoms with van der Waals surface area (Å²) in [6.45, 7) is 3.69. The molecule has 0 aliphatic carbocycles. The molecule has 0 saturated carbocycles.